The Balaban J connectivity index is 1.85. The topological polar surface area (TPSA) is 81.6 Å². The number of benzene rings is 1. The molecule has 0 bridgehead atoms. The molecule has 1 aliphatic heterocycles. The van der Waals surface area contributed by atoms with Gasteiger partial charge in [-0.15, -0.1) is 0 Å². The predicted molar refractivity (Wildman–Crippen MR) is 102 cm³/mol. The van der Waals surface area contributed by atoms with Crippen LogP contribution in [0.25, 0.3) is 0 Å². The van der Waals surface area contributed by atoms with E-state index in [4.69, 9.17) is 18.9 Å². The lowest BCUT2D eigenvalue weighted by Gasteiger charge is -2.26. The van der Waals surface area contributed by atoms with E-state index in [0.717, 1.165) is 39.3 Å². The summed E-state index contributed by atoms with van der Waals surface area (Å²) in [5.41, 5.74) is 0.507. The summed E-state index contributed by atoms with van der Waals surface area (Å²) in [5, 5.41) is 2.73. The molecular weight excluding hydrogens is 350 g/mol. The van der Waals surface area contributed by atoms with Crippen LogP contribution in [0.15, 0.2) is 29.3 Å². The Morgan fingerprint density at radius 3 is 2.59 bits per heavy atom. The van der Waals surface area contributed by atoms with Crippen molar-refractivity contribution < 1.29 is 23.7 Å². The van der Waals surface area contributed by atoms with Gasteiger partial charge < -0.3 is 18.9 Å². The van der Waals surface area contributed by atoms with Crippen molar-refractivity contribution in [1.29, 1.82) is 0 Å². The highest BCUT2D eigenvalue weighted by atomic mass is 16.5. The second-order valence-corrected chi connectivity index (χ2v) is 6.02. The molecule has 1 aromatic rings. The number of nitrogens with one attached hydrogen (secondary N) is 1. The molecule has 27 heavy (non-hydrogen) atoms. The van der Waals surface area contributed by atoms with Gasteiger partial charge in [0, 0.05) is 38.9 Å². The number of amides is 1. The SMILES string of the molecule is COCCOC(=NCCCN1CCOCC1)NC(=O)c1ccc(OC)cc1. The summed E-state index contributed by atoms with van der Waals surface area (Å²) in [6.45, 7) is 5.74. The molecule has 0 unspecified atom stereocenters. The van der Waals surface area contributed by atoms with Crippen LogP contribution in [0.2, 0.25) is 0 Å². The number of amidine groups is 1. The van der Waals surface area contributed by atoms with E-state index >= 15 is 0 Å². The number of morpholine rings is 1. The summed E-state index contributed by atoms with van der Waals surface area (Å²) in [4.78, 5) is 19.2. The minimum atomic E-state index is -0.276. The van der Waals surface area contributed by atoms with Crippen molar-refractivity contribution in [2.75, 3.05) is 66.8 Å². The van der Waals surface area contributed by atoms with Crippen LogP contribution in [-0.4, -0.2) is 83.7 Å². The first kappa shape index (κ1) is 21.1. The Morgan fingerprint density at radius 2 is 1.93 bits per heavy atom. The number of carbonyl (C=O) groups excluding carboxylic acids is 1. The van der Waals surface area contributed by atoms with E-state index in [9.17, 15) is 4.79 Å². The minimum Gasteiger partial charge on any atom is -0.497 e. The number of hydrogen-bond acceptors (Lipinski definition) is 7. The van der Waals surface area contributed by atoms with Crippen molar-refractivity contribution in [3.05, 3.63) is 29.8 Å². The van der Waals surface area contributed by atoms with E-state index in [-0.39, 0.29) is 11.9 Å². The second-order valence-electron chi connectivity index (χ2n) is 6.02. The van der Waals surface area contributed by atoms with Gasteiger partial charge in [0.2, 0.25) is 0 Å². The maximum Gasteiger partial charge on any atom is 0.291 e. The highest BCUT2D eigenvalue weighted by molar-refractivity contribution is 6.04. The largest absolute Gasteiger partial charge is 0.497 e. The molecule has 0 atom stereocenters. The molecule has 0 aliphatic carbocycles. The van der Waals surface area contributed by atoms with Crippen molar-refractivity contribution in [2.45, 2.75) is 6.42 Å². The van der Waals surface area contributed by atoms with Gasteiger partial charge in [-0.05, 0) is 30.7 Å². The number of hydrogen-bond donors (Lipinski definition) is 1. The van der Waals surface area contributed by atoms with Gasteiger partial charge in [0.25, 0.3) is 11.9 Å². The third kappa shape index (κ3) is 7.94. The number of carbonyl (C=O) groups is 1. The van der Waals surface area contributed by atoms with E-state index in [2.05, 4.69) is 15.2 Å². The van der Waals surface area contributed by atoms with Gasteiger partial charge >= 0.3 is 0 Å². The van der Waals surface area contributed by atoms with Crippen LogP contribution in [0, 0.1) is 0 Å². The monoisotopic (exact) mass is 379 g/mol. The van der Waals surface area contributed by atoms with Crippen LogP contribution in [0.4, 0.5) is 0 Å². The third-order valence-corrected chi connectivity index (χ3v) is 4.09. The summed E-state index contributed by atoms with van der Waals surface area (Å²) < 4.78 is 21.0. The second kappa shape index (κ2) is 12.3. The van der Waals surface area contributed by atoms with Crippen LogP contribution in [0.3, 0.4) is 0 Å². The molecule has 1 N–H and O–H groups in total. The standard InChI is InChI=1S/C19H29N3O5/c1-24-14-15-27-19(20-8-3-9-22-10-12-26-13-11-22)21-18(23)16-4-6-17(25-2)7-5-16/h4-7H,3,8-15H2,1-2H3,(H,20,21,23). The van der Waals surface area contributed by atoms with Crippen LogP contribution < -0.4 is 10.1 Å². The summed E-state index contributed by atoms with van der Waals surface area (Å²) in [7, 11) is 3.18. The lowest BCUT2D eigenvalue weighted by molar-refractivity contribution is 0.0377. The smallest absolute Gasteiger partial charge is 0.291 e. The van der Waals surface area contributed by atoms with E-state index in [1.54, 1.807) is 38.5 Å². The average molecular weight is 379 g/mol. The summed E-state index contributed by atoms with van der Waals surface area (Å²) in [6.07, 6.45) is 0.884. The molecule has 1 heterocycles. The molecule has 1 fully saturated rings. The van der Waals surface area contributed by atoms with Crippen LogP contribution in [0.5, 0.6) is 5.75 Å². The molecule has 2 rings (SSSR count). The summed E-state index contributed by atoms with van der Waals surface area (Å²) in [6, 6.07) is 7.08. The van der Waals surface area contributed by atoms with E-state index in [1.165, 1.54) is 0 Å². The maximum absolute atomic E-state index is 12.4. The predicted octanol–water partition coefficient (Wildman–Crippen LogP) is 1.17. The van der Waals surface area contributed by atoms with Crippen LogP contribution >= 0.6 is 0 Å². The molecule has 1 amide bonds. The third-order valence-electron chi connectivity index (χ3n) is 4.09. The quantitative estimate of drug-likeness (QED) is 0.394. The zero-order valence-electron chi connectivity index (χ0n) is 16.1. The maximum atomic E-state index is 12.4. The average Bonchev–Trinajstić information content (AvgIpc) is 2.72. The first-order valence-corrected chi connectivity index (χ1v) is 9.14. The highest BCUT2D eigenvalue weighted by Gasteiger charge is 2.12. The van der Waals surface area contributed by atoms with Gasteiger partial charge in [-0.2, -0.15) is 0 Å². The number of aliphatic imine (C=N–C) groups is 1. The lowest BCUT2D eigenvalue weighted by Crippen LogP contribution is -2.37. The fourth-order valence-corrected chi connectivity index (χ4v) is 2.55. The number of nitrogens with zero attached hydrogens (tertiary/aromatic N) is 2. The summed E-state index contributed by atoms with van der Waals surface area (Å²) in [5.74, 6) is 0.418. The summed E-state index contributed by atoms with van der Waals surface area (Å²) >= 11 is 0. The Morgan fingerprint density at radius 1 is 1.19 bits per heavy atom. The Labute approximate surface area is 160 Å². The van der Waals surface area contributed by atoms with Crippen molar-refractivity contribution >= 4 is 11.9 Å². The fourth-order valence-electron chi connectivity index (χ4n) is 2.55. The highest BCUT2D eigenvalue weighted by Crippen LogP contribution is 2.11. The lowest BCUT2D eigenvalue weighted by atomic mass is 10.2. The molecule has 8 nitrogen and oxygen atoms in total. The first-order chi connectivity index (χ1) is 13.2. The first-order valence-electron chi connectivity index (χ1n) is 9.14. The Bertz CT molecular complexity index is 586. The van der Waals surface area contributed by atoms with Crippen LogP contribution in [0.1, 0.15) is 16.8 Å². The zero-order chi connectivity index (χ0) is 19.3. The van der Waals surface area contributed by atoms with Gasteiger partial charge in [0.05, 0.1) is 26.9 Å². The molecule has 0 spiro atoms. The van der Waals surface area contributed by atoms with Crippen molar-refractivity contribution in [3.8, 4) is 5.75 Å². The van der Waals surface area contributed by atoms with Crippen LogP contribution in [-0.2, 0) is 14.2 Å². The van der Waals surface area contributed by atoms with Gasteiger partial charge in [-0.1, -0.05) is 0 Å². The molecule has 1 aromatic carbocycles. The number of rotatable bonds is 9. The minimum absolute atomic E-state index is 0.217. The fraction of sp³-hybridized carbons (Fsp3) is 0.579. The Kier molecular flexibility index (Phi) is 9.61. The Hall–Kier alpha value is -2.16. The van der Waals surface area contributed by atoms with Gasteiger partial charge in [-0.3, -0.25) is 15.0 Å². The molecule has 0 radical (unpaired) electrons. The van der Waals surface area contributed by atoms with Crippen molar-refractivity contribution in [1.82, 2.24) is 10.2 Å². The van der Waals surface area contributed by atoms with E-state index in [1.807, 2.05) is 0 Å². The molecule has 0 saturated carbocycles. The van der Waals surface area contributed by atoms with Crippen molar-refractivity contribution in [2.24, 2.45) is 4.99 Å². The number of ether oxygens (including phenoxy) is 4. The van der Waals surface area contributed by atoms with Gasteiger partial charge in [0.1, 0.15) is 12.4 Å². The normalized spacial score (nSPS) is 15.4. The van der Waals surface area contributed by atoms with Crippen molar-refractivity contribution in [3.63, 3.8) is 0 Å². The zero-order valence-corrected chi connectivity index (χ0v) is 16.1. The molecule has 1 saturated heterocycles. The van der Waals surface area contributed by atoms with Gasteiger partial charge in [0.15, 0.2) is 0 Å². The molecule has 8 heteroatoms. The molecule has 150 valence electrons. The molecule has 0 aromatic heterocycles. The number of methoxy groups -OCH3 is 2. The molecule has 1 aliphatic rings. The molecular formula is C19H29N3O5. The van der Waals surface area contributed by atoms with E-state index < -0.39 is 0 Å². The van der Waals surface area contributed by atoms with Gasteiger partial charge in [-0.25, -0.2) is 4.99 Å². The van der Waals surface area contributed by atoms with E-state index in [0.29, 0.717) is 31.1 Å².